The molecular weight excluding hydrogens is 294 g/mol. The third-order valence-corrected chi connectivity index (χ3v) is 4.91. The molecule has 0 fully saturated rings. The average Bonchev–Trinajstić information content (AvgIpc) is 2.62. The quantitative estimate of drug-likeness (QED) is 0.868. The molecule has 4 rings (SSSR count). The molecule has 1 heterocycles. The molecule has 2 nitrogen and oxygen atoms in total. The van der Waals surface area contributed by atoms with Crippen molar-refractivity contribution >= 4 is 11.5 Å². The number of aryl methyl sites for hydroxylation is 1. The van der Waals surface area contributed by atoms with Gasteiger partial charge in [-0.3, -0.25) is 4.79 Å². The lowest BCUT2D eigenvalue weighted by Crippen LogP contribution is -2.28. The summed E-state index contributed by atoms with van der Waals surface area (Å²) in [4.78, 5) is 12.6. The van der Waals surface area contributed by atoms with Crippen LogP contribution >= 0.6 is 0 Å². The van der Waals surface area contributed by atoms with Crippen LogP contribution in [0.3, 0.4) is 0 Å². The summed E-state index contributed by atoms with van der Waals surface area (Å²) in [5, 5.41) is 3.54. The van der Waals surface area contributed by atoms with Gasteiger partial charge in [-0.25, -0.2) is 0 Å². The van der Waals surface area contributed by atoms with Crippen molar-refractivity contribution in [3.63, 3.8) is 0 Å². The monoisotopic (exact) mass is 315 g/mol. The Morgan fingerprint density at radius 1 is 0.958 bits per heavy atom. The molecule has 120 valence electrons. The highest BCUT2D eigenvalue weighted by Gasteiger charge is 2.31. The second-order valence-corrected chi connectivity index (χ2v) is 6.63. The molecule has 2 aromatic carbocycles. The first-order valence-electron chi connectivity index (χ1n) is 8.59. The number of hydrogen-bond donors (Lipinski definition) is 1. The minimum atomic E-state index is 0.0477. The molecule has 1 aliphatic heterocycles. The molecule has 2 heteroatoms. The van der Waals surface area contributed by atoms with Crippen LogP contribution in [0.15, 0.2) is 71.9 Å². The van der Waals surface area contributed by atoms with Gasteiger partial charge in [-0.15, -0.1) is 0 Å². The molecule has 2 aromatic rings. The van der Waals surface area contributed by atoms with Gasteiger partial charge in [0.15, 0.2) is 5.78 Å². The van der Waals surface area contributed by atoms with Crippen molar-refractivity contribution in [1.29, 1.82) is 0 Å². The molecule has 0 amide bonds. The van der Waals surface area contributed by atoms with Crippen molar-refractivity contribution in [1.82, 2.24) is 5.32 Å². The lowest BCUT2D eigenvalue weighted by atomic mass is 9.79. The summed E-state index contributed by atoms with van der Waals surface area (Å²) >= 11 is 0. The van der Waals surface area contributed by atoms with Gasteiger partial charge in [0.1, 0.15) is 0 Å². The van der Waals surface area contributed by atoms with Crippen LogP contribution in [0.4, 0.5) is 0 Å². The van der Waals surface area contributed by atoms with E-state index in [1.807, 2.05) is 18.2 Å². The first-order valence-corrected chi connectivity index (χ1v) is 8.59. The van der Waals surface area contributed by atoms with Crippen molar-refractivity contribution in [3.05, 3.63) is 88.6 Å². The van der Waals surface area contributed by atoms with Gasteiger partial charge in [0.05, 0.1) is 0 Å². The normalized spacial score (nSPS) is 20.3. The Kier molecular flexibility index (Phi) is 3.81. The number of carbonyl (C=O) groups is 1. The second kappa shape index (κ2) is 6.12. The summed E-state index contributed by atoms with van der Waals surface area (Å²) in [6.07, 6.45) is 4.76. The Balaban J connectivity index is 1.81. The number of Topliss-reactive ketones (excluding diaryl/α,β-unsaturated/α-hetero) is 1. The van der Waals surface area contributed by atoms with E-state index in [0.717, 1.165) is 29.8 Å². The standard InChI is InChI=1S/C22H21NO/c1-15-10-12-17(13-11-15)20-14-18(16-6-3-2-4-7-16)22-19(23-20)8-5-9-21(22)24/h2-4,6-7,10-14,18,23H,5,8-9H2,1H3. The number of rotatable bonds is 2. The third kappa shape index (κ3) is 2.69. The Morgan fingerprint density at radius 3 is 2.46 bits per heavy atom. The van der Waals surface area contributed by atoms with E-state index in [-0.39, 0.29) is 11.7 Å². The molecule has 0 saturated heterocycles. The lowest BCUT2D eigenvalue weighted by Gasteiger charge is -2.31. The molecule has 1 atom stereocenters. The number of allylic oxidation sites excluding steroid dienone is 3. The molecule has 2 aliphatic rings. The van der Waals surface area contributed by atoms with Gasteiger partial charge >= 0.3 is 0 Å². The molecule has 1 N–H and O–H groups in total. The maximum atomic E-state index is 12.6. The van der Waals surface area contributed by atoms with Crippen LogP contribution in [0, 0.1) is 6.92 Å². The van der Waals surface area contributed by atoms with E-state index < -0.39 is 0 Å². The predicted octanol–water partition coefficient (Wildman–Crippen LogP) is 4.73. The van der Waals surface area contributed by atoms with E-state index in [1.165, 1.54) is 16.7 Å². The minimum Gasteiger partial charge on any atom is -0.358 e. The van der Waals surface area contributed by atoms with Gasteiger partial charge in [-0.1, -0.05) is 60.2 Å². The fourth-order valence-corrected chi connectivity index (χ4v) is 3.63. The molecule has 0 aromatic heterocycles. The number of hydrogen-bond acceptors (Lipinski definition) is 2. The highest BCUT2D eigenvalue weighted by atomic mass is 16.1. The predicted molar refractivity (Wildman–Crippen MR) is 97.4 cm³/mol. The van der Waals surface area contributed by atoms with Crippen LogP contribution in [0.2, 0.25) is 0 Å². The minimum absolute atomic E-state index is 0.0477. The van der Waals surface area contributed by atoms with Gasteiger partial charge in [0, 0.05) is 29.3 Å². The SMILES string of the molecule is Cc1ccc(C2=CC(c3ccccc3)C3=C(CCCC3=O)N2)cc1. The van der Waals surface area contributed by atoms with Crippen LogP contribution in [0.5, 0.6) is 0 Å². The Labute approximate surface area is 142 Å². The van der Waals surface area contributed by atoms with Crippen molar-refractivity contribution in [3.8, 4) is 0 Å². The fourth-order valence-electron chi connectivity index (χ4n) is 3.63. The van der Waals surface area contributed by atoms with E-state index in [1.54, 1.807) is 0 Å². The summed E-state index contributed by atoms with van der Waals surface area (Å²) in [7, 11) is 0. The van der Waals surface area contributed by atoms with Crippen molar-refractivity contribution in [2.75, 3.05) is 0 Å². The van der Waals surface area contributed by atoms with Gasteiger partial charge in [-0.05, 0) is 37.0 Å². The van der Waals surface area contributed by atoms with E-state index in [9.17, 15) is 4.79 Å². The van der Waals surface area contributed by atoms with Crippen LogP contribution in [-0.2, 0) is 4.79 Å². The Hall–Kier alpha value is -2.61. The topological polar surface area (TPSA) is 29.1 Å². The first-order chi connectivity index (χ1) is 11.7. The zero-order valence-electron chi connectivity index (χ0n) is 13.9. The van der Waals surface area contributed by atoms with Gasteiger partial charge < -0.3 is 5.32 Å². The fraction of sp³-hybridized carbons (Fsp3) is 0.227. The summed E-state index contributed by atoms with van der Waals surface area (Å²) in [6, 6.07) is 18.9. The smallest absolute Gasteiger partial charge is 0.161 e. The van der Waals surface area contributed by atoms with E-state index in [0.29, 0.717) is 6.42 Å². The molecule has 24 heavy (non-hydrogen) atoms. The molecule has 0 bridgehead atoms. The van der Waals surface area contributed by atoms with E-state index >= 15 is 0 Å². The molecule has 0 spiro atoms. The van der Waals surface area contributed by atoms with Crippen LogP contribution < -0.4 is 5.32 Å². The molecule has 0 radical (unpaired) electrons. The number of ketones is 1. The third-order valence-electron chi connectivity index (χ3n) is 4.91. The summed E-state index contributed by atoms with van der Waals surface area (Å²) in [6.45, 7) is 2.10. The van der Waals surface area contributed by atoms with Crippen LogP contribution in [0.25, 0.3) is 5.70 Å². The first kappa shape index (κ1) is 14.9. The second-order valence-electron chi connectivity index (χ2n) is 6.63. The summed E-state index contributed by atoms with van der Waals surface area (Å²) in [5.41, 5.74) is 6.79. The number of nitrogens with one attached hydrogen (secondary N) is 1. The highest BCUT2D eigenvalue weighted by Crippen LogP contribution is 2.39. The number of dihydropyridines is 1. The number of benzene rings is 2. The van der Waals surface area contributed by atoms with Crippen molar-refractivity contribution < 1.29 is 4.79 Å². The lowest BCUT2D eigenvalue weighted by molar-refractivity contribution is -0.116. The van der Waals surface area contributed by atoms with Crippen molar-refractivity contribution in [2.45, 2.75) is 32.1 Å². The molecule has 1 unspecified atom stereocenters. The molecule has 0 saturated carbocycles. The van der Waals surface area contributed by atoms with E-state index in [2.05, 4.69) is 54.7 Å². The number of carbonyl (C=O) groups excluding carboxylic acids is 1. The van der Waals surface area contributed by atoms with Gasteiger partial charge in [0.2, 0.25) is 0 Å². The van der Waals surface area contributed by atoms with Crippen molar-refractivity contribution in [2.24, 2.45) is 0 Å². The van der Waals surface area contributed by atoms with Gasteiger partial charge in [0.25, 0.3) is 0 Å². The average molecular weight is 315 g/mol. The van der Waals surface area contributed by atoms with Gasteiger partial charge in [-0.2, -0.15) is 0 Å². The largest absolute Gasteiger partial charge is 0.358 e. The Bertz CT molecular complexity index is 828. The maximum absolute atomic E-state index is 12.6. The van der Waals surface area contributed by atoms with E-state index in [4.69, 9.17) is 0 Å². The molecule has 1 aliphatic carbocycles. The van der Waals surface area contributed by atoms with Crippen LogP contribution in [0.1, 0.15) is 41.9 Å². The van der Waals surface area contributed by atoms with Crippen LogP contribution in [-0.4, -0.2) is 5.78 Å². The highest BCUT2D eigenvalue weighted by molar-refractivity contribution is 6.00. The maximum Gasteiger partial charge on any atom is 0.161 e. The summed E-state index contributed by atoms with van der Waals surface area (Å²) in [5.74, 6) is 0.336. The zero-order valence-corrected chi connectivity index (χ0v) is 13.9. The Morgan fingerprint density at radius 2 is 1.71 bits per heavy atom. The zero-order chi connectivity index (χ0) is 16.5. The summed E-state index contributed by atoms with van der Waals surface area (Å²) < 4.78 is 0. The molecular formula is C22H21NO.